The number of aliphatic hydroxyl groups is 1. The van der Waals surface area contributed by atoms with E-state index in [-0.39, 0.29) is 6.61 Å². The number of anilines is 2. The average Bonchev–Trinajstić information content (AvgIpc) is 2.72. The van der Waals surface area contributed by atoms with Gasteiger partial charge < -0.3 is 16.2 Å². The van der Waals surface area contributed by atoms with Gasteiger partial charge in [0, 0.05) is 38.1 Å². The van der Waals surface area contributed by atoms with Crippen LogP contribution in [0.1, 0.15) is 0 Å². The molecule has 0 unspecified atom stereocenters. The second-order valence-electron chi connectivity index (χ2n) is 4.22. The Morgan fingerprint density at radius 2 is 1.78 bits per heavy atom. The zero-order chi connectivity index (χ0) is 12.5. The fraction of sp³-hybridized carbons (Fsp3) is 0.143. The number of hydrogen-bond donors (Lipinski definition) is 3. The van der Waals surface area contributed by atoms with Crippen LogP contribution in [0.4, 0.5) is 11.4 Å². The maximum Gasteiger partial charge on any atom is 0.0604 e. The number of benzene rings is 2. The lowest BCUT2D eigenvalue weighted by molar-refractivity contribution is 0.311. The SMILES string of the molecule is Nc1ccc2c(c1)sc1cc(NCCO)ccc12. The molecule has 0 fully saturated rings. The minimum atomic E-state index is 0.140. The first-order chi connectivity index (χ1) is 8.78. The van der Waals surface area contributed by atoms with Crippen LogP contribution in [-0.4, -0.2) is 18.3 Å². The van der Waals surface area contributed by atoms with E-state index in [0.29, 0.717) is 6.54 Å². The fourth-order valence-electron chi connectivity index (χ4n) is 2.10. The second kappa shape index (κ2) is 4.48. The quantitative estimate of drug-likeness (QED) is 0.633. The molecule has 0 saturated carbocycles. The third-order valence-electron chi connectivity index (χ3n) is 2.94. The Bertz CT molecular complexity index is 705. The van der Waals surface area contributed by atoms with Gasteiger partial charge in [-0.1, -0.05) is 12.1 Å². The van der Waals surface area contributed by atoms with Crippen molar-refractivity contribution >= 4 is 42.9 Å². The van der Waals surface area contributed by atoms with Gasteiger partial charge in [-0.15, -0.1) is 11.3 Å². The Balaban J connectivity index is 2.14. The van der Waals surface area contributed by atoms with Gasteiger partial charge in [0.05, 0.1) is 6.61 Å². The summed E-state index contributed by atoms with van der Waals surface area (Å²) in [6.45, 7) is 0.713. The molecular weight excluding hydrogens is 244 g/mol. The normalized spacial score (nSPS) is 11.2. The molecule has 4 heteroatoms. The molecule has 3 rings (SSSR count). The van der Waals surface area contributed by atoms with Crippen LogP contribution in [0.3, 0.4) is 0 Å². The topological polar surface area (TPSA) is 58.3 Å². The van der Waals surface area contributed by atoms with Crippen molar-refractivity contribution < 1.29 is 5.11 Å². The molecule has 0 spiro atoms. The Hall–Kier alpha value is -1.78. The van der Waals surface area contributed by atoms with Crippen molar-refractivity contribution in [3.8, 4) is 0 Å². The van der Waals surface area contributed by atoms with Crippen LogP contribution in [-0.2, 0) is 0 Å². The first-order valence-corrected chi connectivity index (χ1v) is 6.66. The summed E-state index contributed by atoms with van der Waals surface area (Å²) in [6, 6.07) is 12.3. The highest BCUT2D eigenvalue weighted by atomic mass is 32.1. The summed E-state index contributed by atoms with van der Waals surface area (Å²) in [4.78, 5) is 0. The molecule has 1 aromatic heterocycles. The molecule has 1 heterocycles. The molecule has 0 aliphatic rings. The van der Waals surface area contributed by atoms with E-state index in [9.17, 15) is 0 Å². The van der Waals surface area contributed by atoms with E-state index < -0.39 is 0 Å². The Morgan fingerprint density at radius 3 is 2.56 bits per heavy atom. The minimum absolute atomic E-state index is 0.140. The van der Waals surface area contributed by atoms with Crippen LogP contribution in [0.2, 0.25) is 0 Å². The summed E-state index contributed by atoms with van der Waals surface area (Å²) in [5, 5.41) is 14.5. The Morgan fingerprint density at radius 1 is 1.06 bits per heavy atom. The highest BCUT2D eigenvalue weighted by Crippen LogP contribution is 2.36. The summed E-state index contributed by atoms with van der Waals surface area (Å²) >= 11 is 1.74. The number of nitrogens with two attached hydrogens (primary N) is 1. The van der Waals surface area contributed by atoms with Crippen molar-refractivity contribution in [2.24, 2.45) is 0 Å². The molecular formula is C14H14N2OS. The van der Waals surface area contributed by atoms with Crippen molar-refractivity contribution in [3.05, 3.63) is 36.4 Å². The first-order valence-electron chi connectivity index (χ1n) is 5.84. The molecule has 3 nitrogen and oxygen atoms in total. The molecule has 0 saturated heterocycles. The summed E-state index contributed by atoms with van der Waals surface area (Å²) in [5.74, 6) is 0. The van der Waals surface area contributed by atoms with E-state index in [1.807, 2.05) is 18.2 Å². The smallest absolute Gasteiger partial charge is 0.0604 e. The van der Waals surface area contributed by atoms with Crippen molar-refractivity contribution in [2.75, 3.05) is 24.2 Å². The van der Waals surface area contributed by atoms with E-state index in [4.69, 9.17) is 10.8 Å². The van der Waals surface area contributed by atoms with Gasteiger partial charge >= 0.3 is 0 Å². The largest absolute Gasteiger partial charge is 0.399 e. The van der Waals surface area contributed by atoms with Crippen LogP contribution >= 0.6 is 11.3 Å². The summed E-state index contributed by atoms with van der Waals surface area (Å²) in [7, 11) is 0. The van der Waals surface area contributed by atoms with Gasteiger partial charge in [0.1, 0.15) is 0 Å². The molecule has 3 aromatic rings. The van der Waals surface area contributed by atoms with Crippen molar-refractivity contribution in [1.29, 1.82) is 0 Å². The van der Waals surface area contributed by atoms with Gasteiger partial charge in [0.15, 0.2) is 0 Å². The molecule has 18 heavy (non-hydrogen) atoms. The maximum absolute atomic E-state index is 8.81. The zero-order valence-electron chi connectivity index (χ0n) is 9.81. The summed E-state index contributed by atoms with van der Waals surface area (Å²) < 4.78 is 2.45. The van der Waals surface area contributed by atoms with E-state index in [1.54, 1.807) is 11.3 Å². The zero-order valence-corrected chi connectivity index (χ0v) is 10.6. The number of nitrogen functional groups attached to an aromatic ring is 1. The maximum atomic E-state index is 8.81. The molecule has 0 bridgehead atoms. The Kier molecular flexibility index (Phi) is 2.81. The monoisotopic (exact) mass is 258 g/mol. The number of rotatable bonds is 3. The lowest BCUT2D eigenvalue weighted by Crippen LogP contribution is -2.04. The van der Waals surface area contributed by atoms with Crippen LogP contribution in [0.5, 0.6) is 0 Å². The lowest BCUT2D eigenvalue weighted by Gasteiger charge is -2.03. The highest BCUT2D eigenvalue weighted by Gasteiger charge is 2.05. The third-order valence-corrected chi connectivity index (χ3v) is 4.05. The van der Waals surface area contributed by atoms with Crippen LogP contribution in [0.15, 0.2) is 36.4 Å². The van der Waals surface area contributed by atoms with Gasteiger partial charge in [0.25, 0.3) is 0 Å². The van der Waals surface area contributed by atoms with E-state index in [0.717, 1.165) is 11.4 Å². The van der Waals surface area contributed by atoms with E-state index in [1.165, 1.54) is 20.2 Å². The number of fused-ring (bicyclic) bond motifs is 3. The number of nitrogens with one attached hydrogen (secondary N) is 1. The van der Waals surface area contributed by atoms with Gasteiger partial charge in [-0.2, -0.15) is 0 Å². The van der Waals surface area contributed by atoms with Gasteiger partial charge in [-0.3, -0.25) is 0 Å². The second-order valence-corrected chi connectivity index (χ2v) is 5.30. The van der Waals surface area contributed by atoms with Gasteiger partial charge in [-0.25, -0.2) is 0 Å². The van der Waals surface area contributed by atoms with Crippen molar-refractivity contribution in [2.45, 2.75) is 0 Å². The highest BCUT2D eigenvalue weighted by molar-refractivity contribution is 7.25. The van der Waals surface area contributed by atoms with Crippen LogP contribution in [0, 0.1) is 0 Å². The first kappa shape index (κ1) is 11.3. The number of aliphatic hydroxyl groups excluding tert-OH is 1. The van der Waals surface area contributed by atoms with Gasteiger partial charge in [0.2, 0.25) is 0 Å². The minimum Gasteiger partial charge on any atom is -0.399 e. The predicted octanol–water partition coefficient (Wildman–Crippen LogP) is 3.04. The molecule has 0 aliphatic carbocycles. The predicted molar refractivity (Wildman–Crippen MR) is 79.3 cm³/mol. The van der Waals surface area contributed by atoms with Crippen LogP contribution < -0.4 is 11.1 Å². The molecule has 2 aromatic carbocycles. The molecule has 0 amide bonds. The van der Waals surface area contributed by atoms with E-state index in [2.05, 4.69) is 23.5 Å². The van der Waals surface area contributed by atoms with E-state index >= 15 is 0 Å². The molecule has 0 radical (unpaired) electrons. The molecule has 0 aliphatic heterocycles. The molecule has 0 atom stereocenters. The molecule has 4 N–H and O–H groups in total. The number of thiophene rings is 1. The van der Waals surface area contributed by atoms with Crippen molar-refractivity contribution in [1.82, 2.24) is 0 Å². The van der Waals surface area contributed by atoms with Crippen molar-refractivity contribution in [3.63, 3.8) is 0 Å². The summed E-state index contributed by atoms with van der Waals surface area (Å²) in [6.07, 6.45) is 0. The standard InChI is InChI=1S/C14H14N2OS/c15-9-1-3-11-12-4-2-10(16-5-6-17)8-14(12)18-13(11)7-9/h1-4,7-8,16-17H,5-6,15H2. The average molecular weight is 258 g/mol. The van der Waals surface area contributed by atoms with Crippen LogP contribution in [0.25, 0.3) is 20.2 Å². The van der Waals surface area contributed by atoms with Gasteiger partial charge in [-0.05, 0) is 24.3 Å². The number of hydrogen-bond acceptors (Lipinski definition) is 4. The Labute approximate surface area is 109 Å². The fourth-order valence-corrected chi connectivity index (χ4v) is 3.30. The third kappa shape index (κ3) is 1.89. The summed E-state index contributed by atoms with van der Waals surface area (Å²) in [5.41, 5.74) is 7.64. The lowest BCUT2D eigenvalue weighted by atomic mass is 10.1. The molecule has 92 valence electrons.